The van der Waals surface area contributed by atoms with E-state index < -0.39 is 5.97 Å². The second-order valence-electron chi connectivity index (χ2n) is 4.94. The third-order valence-corrected chi connectivity index (χ3v) is 3.62. The van der Waals surface area contributed by atoms with Crippen molar-refractivity contribution >= 4 is 5.97 Å². The van der Waals surface area contributed by atoms with Crippen LogP contribution in [0.4, 0.5) is 0 Å². The standard InChI is InChI=1S/C12H22O2/c1-4-5-10-6-8(2)11(12(13)14)9(3)7-10/h8-11H,4-7H2,1-3H3,(H,13,14). The fourth-order valence-corrected chi connectivity index (χ4v) is 3.13. The molecule has 2 heteroatoms. The number of rotatable bonds is 3. The highest BCUT2D eigenvalue weighted by Gasteiger charge is 2.36. The van der Waals surface area contributed by atoms with Crippen molar-refractivity contribution in [1.82, 2.24) is 0 Å². The van der Waals surface area contributed by atoms with Crippen LogP contribution in [0.2, 0.25) is 0 Å². The van der Waals surface area contributed by atoms with Crippen LogP contribution in [-0.2, 0) is 4.79 Å². The van der Waals surface area contributed by atoms with E-state index in [1.165, 1.54) is 12.8 Å². The smallest absolute Gasteiger partial charge is 0.307 e. The summed E-state index contributed by atoms with van der Waals surface area (Å²) in [5.74, 6) is 0.768. The van der Waals surface area contributed by atoms with Crippen molar-refractivity contribution < 1.29 is 9.90 Å². The van der Waals surface area contributed by atoms with Gasteiger partial charge >= 0.3 is 5.97 Å². The van der Waals surface area contributed by atoms with Gasteiger partial charge in [0.2, 0.25) is 0 Å². The molecule has 82 valence electrons. The van der Waals surface area contributed by atoms with Crippen molar-refractivity contribution in [3.8, 4) is 0 Å². The SMILES string of the molecule is CCCC1CC(C)C(C(=O)O)C(C)C1. The van der Waals surface area contributed by atoms with Gasteiger partial charge in [0, 0.05) is 0 Å². The minimum atomic E-state index is -0.597. The molecule has 1 aliphatic rings. The van der Waals surface area contributed by atoms with Crippen LogP contribution >= 0.6 is 0 Å². The zero-order chi connectivity index (χ0) is 10.7. The Morgan fingerprint density at radius 3 is 2.14 bits per heavy atom. The van der Waals surface area contributed by atoms with E-state index in [1.807, 2.05) is 0 Å². The van der Waals surface area contributed by atoms with Gasteiger partial charge in [-0.2, -0.15) is 0 Å². The fourth-order valence-electron chi connectivity index (χ4n) is 3.13. The second kappa shape index (κ2) is 4.81. The fraction of sp³-hybridized carbons (Fsp3) is 0.917. The third kappa shape index (κ3) is 2.49. The quantitative estimate of drug-likeness (QED) is 0.756. The maximum Gasteiger partial charge on any atom is 0.307 e. The van der Waals surface area contributed by atoms with E-state index in [9.17, 15) is 4.79 Å². The van der Waals surface area contributed by atoms with Gasteiger partial charge < -0.3 is 5.11 Å². The van der Waals surface area contributed by atoms with Crippen LogP contribution in [0.15, 0.2) is 0 Å². The number of carboxylic acid groups (broad SMARTS) is 1. The summed E-state index contributed by atoms with van der Waals surface area (Å²) >= 11 is 0. The lowest BCUT2D eigenvalue weighted by molar-refractivity contribution is -0.147. The molecule has 0 radical (unpaired) electrons. The van der Waals surface area contributed by atoms with Gasteiger partial charge in [-0.25, -0.2) is 0 Å². The van der Waals surface area contributed by atoms with Crippen molar-refractivity contribution in [3.63, 3.8) is 0 Å². The molecule has 1 rings (SSSR count). The van der Waals surface area contributed by atoms with E-state index in [0.717, 1.165) is 18.8 Å². The molecule has 0 aromatic carbocycles. The third-order valence-electron chi connectivity index (χ3n) is 3.62. The van der Waals surface area contributed by atoms with Crippen LogP contribution < -0.4 is 0 Å². The van der Waals surface area contributed by atoms with Crippen molar-refractivity contribution in [1.29, 1.82) is 0 Å². The van der Waals surface area contributed by atoms with Gasteiger partial charge in [0.25, 0.3) is 0 Å². The maximum absolute atomic E-state index is 11.0. The van der Waals surface area contributed by atoms with Crippen LogP contribution in [0.3, 0.4) is 0 Å². The summed E-state index contributed by atoms with van der Waals surface area (Å²) in [6.45, 7) is 6.40. The van der Waals surface area contributed by atoms with Gasteiger partial charge in [0.1, 0.15) is 0 Å². The van der Waals surface area contributed by atoms with Gasteiger partial charge in [0.15, 0.2) is 0 Å². The summed E-state index contributed by atoms with van der Waals surface area (Å²) in [5.41, 5.74) is 0. The Labute approximate surface area is 86.7 Å². The summed E-state index contributed by atoms with van der Waals surface area (Å²) < 4.78 is 0. The van der Waals surface area contributed by atoms with Crippen LogP contribution in [0, 0.1) is 23.7 Å². The highest BCUT2D eigenvalue weighted by Crippen LogP contribution is 2.39. The lowest BCUT2D eigenvalue weighted by atomic mass is 9.68. The second-order valence-corrected chi connectivity index (χ2v) is 4.94. The Hall–Kier alpha value is -0.530. The molecule has 0 amide bonds. The molecule has 0 aromatic heterocycles. The molecule has 0 aromatic rings. The zero-order valence-electron chi connectivity index (χ0n) is 9.49. The number of carboxylic acids is 1. The minimum absolute atomic E-state index is 0.108. The Morgan fingerprint density at radius 1 is 1.29 bits per heavy atom. The van der Waals surface area contributed by atoms with Crippen LogP contribution in [0.5, 0.6) is 0 Å². The average molecular weight is 198 g/mol. The van der Waals surface area contributed by atoms with Crippen LogP contribution in [0.1, 0.15) is 46.5 Å². The number of aliphatic carboxylic acids is 1. The Bertz CT molecular complexity index is 188. The molecule has 0 bridgehead atoms. The first-order valence-electron chi connectivity index (χ1n) is 5.79. The van der Waals surface area contributed by atoms with E-state index in [-0.39, 0.29) is 5.92 Å². The van der Waals surface area contributed by atoms with Gasteiger partial charge in [-0.3, -0.25) is 4.79 Å². The number of hydrogen-bond donors (Lipinski definition) is 1. The van der Waals surface area contributed by atoms with Crippen molar-refractivity contribution in [2.45, 2.75) is 46.5 Å². The topological polar surface area (TPSA) is 37.3 Å². The van der Waals surface area contributed by atoms with Gasteiger partial charge in [-0.05, 0) is 30.6 Å². The molecule has 2 atom stereocenters. The number of hydrogen-bond acceptors (Lipinski definition) is 1. The summed E-state index contributed by atoms with van der Waals surface area (Å²) in [6, 6.07) is 0. The molecule has 14 heavy (non-hydrogen) atoms. The largest absolute Gasteiger partial charge is 0.481 e. The van der Waals surface area contributed by atoms with Crippen LogP contribution in [0.25, 0.3) is 0 Å². The van der Waals surface area contributed by atoms with Crippen LogP contribution in [-0.4, -0.2) is 11.1 Å². The molecule has 0 spiro atoms. The van der Waals surface area contributed by atoms with E-state index in [0.29, 0.717) is 11.8 Å². The highest BCUT2D eigenvalue weighted by atomic mass is 16.4. The summed E-state index contributed by atoms with van der Waals surface area (Å²) in [6.07, 6.45) is 4.70. The van der Waals surface area contributed by atoms with E-state index in [4.69, 9.17) is 5.11 Å². The molecule has 0 heterocycles. The molecular formula is C12H22O2. The predicted molar refractivity (Wildman–Crippen MR) is 57.1 cm³/mol. The Kier molecular flexibility index (Phi) is 3.97. The van der Waals surface area contributed by atoms with E-state index >= 15 is 0 Å². The normalized spacial score (nSPS) is 38.2. The molecule has 0 saturated heterocycles. The lowest BCUT2D eigenvalue weighted by Gasteiger charge is -2.36. The molecular weight excluding hydrogens is 176 g/mol. The molecule has 1 fully saturated rings. The van der Waals surface area contributed by atoms with Gasteiger partial charge in [-0.1, -0.05) is 33.6 Å². The summed E-state index contributed by atoms with van der Waals surface area (Å²) in [7, 11) is 0. The summed E-state index contributed by atoms with van der Waals surface area (Å²) in [4.78, 5) is 11.0. The predicted octanol–water partition coefficient (Wildman–Crippen LogP) is 3.17. The molecule has 1 saturated carbocycles. The van der Waals surface area contributed by atoms with Crippen molar-refractivity contribution in [2.24, 2.45) is 23.7 Å². The zero-order valence-corrected chi connectivity index (χ0v) is 9.49. The molecule has 2 unspecified atom stereocenters. The monoisotopic (exact) mass is 198 g/mol. The lowest BCUT2D eigenvalue weighted by Crippen LogP contribution is -2.35. The Balaban J connectivity index is 2.58. The van der Waals surface area contributed by atoms with Crippen molar-refractivity contribution in [3.05, 3.63) is 0 Å². The summed E-state index contributed by atoms with van der Waals surface area (Å²) in [5, 5.41) is 9.10. The number of carbonyl (C=O) groups is 1. The van der Waals surface area contributed by atoms with Gasteiger partial charge in [0.05, 0.1) is 5.92 Å². The average Bonchev–Trinajstić information content (AvgIpc) is 2.01. The van der Waals surface area contributed by atoms with E-state index in [1.54, 1.807) is 0 Å². The first kappa shape index (κ1) is 11.5. The molecule has 1 aliphatic carbocycles. The van der Waals surface area contributed by atoms with Crippen molar-refractivity contribution in [2.75, 3.05) is 0 Å². The minimum Gasteiger partial charge on any atom is -0.481 e. The van der Waals surface area contributed by atoms with E-state index in [2.05, 4.69) is 20.8 Å². The first-order chi connectivity index (χ1) is 6.56. The molecule has 1 N–H and O–H groups in total. The molecule has 2 nitrogen and oxygen atoms in total. The maximum atomic E-state index is 11.0. The molecule has 0 aliphatic heterocycles. The Morgan fingerprint density at radius 2 is 1.79 bits per heavy atom. The highest BCUT2D eigenvalue weighted by molar-refractivity contribution is 5.70. The first-order valence-corrected chi connectivity index (χ1v) is 5.79. The van der Waals surface area contributed by atoms with Gasteiger partial charge in [-0.15, -0.1) is 0 Å².